The number of aryl methyl sites for hydroxylation is 1. The summed E-state index contributed by atoms with van der Waals surface area (Å²) < 4.78 is 0. The largest absolute Gasteiger partial charge is 0.366 e. The lowest BCUT2D eigenvalue weighted by molar-refractivity contribution is 0.790. The third-order valence-corrected chi connectivity index (χ3v) is 3.37. The number of hydrogen-bond acceptors (Lipinski definition) is 3. The monoisotopic (exact) mass is 269 g/mol. The van der Waals surface area contributed by atoms with E-state index < -0.39 is 0 Å². The number of hydrogen-bond donors (Lipinski definition) is 1. The molecular weight excluding hydrogens is 246 g/mol. The summed E-state index contributed by atoms with van der Waals surface area (Å²) in [6.07, 6.45) is 1.95. The first-order chi connectivity index (χ1) is 9.72. The lowest BCUT2D eigenvalue weighted by atomic mass is 10.2. The van der Waals surface area contributed by atoms with E-state index in [1.54, 1.807) is 0 Å². The number of benzene rings is 1. The Morgan fingerprint density at radius 3 is 2.65 bits per heavy atom. The van der Waals surface area contributed by atoms with E-state index in [-0.39, 0.29) is 0 Å². The lowest BCUT2D eigenvalue weighted by Gasteiger charge is -2.23. The normalized spacial score (nSPS) is 10.6. The maximum Gasteiger partial charge on any atom is 0.0601 e. The van der Waals surface area contributed by atoms with Crippen molar-refractivity contribution in [2.24, 2.45) is 0 Å². The second kappa shape index (κ2) is 7.06. The van der Waals surface area contributed by atoms with Gasteiger partial charge in [0.05, 0.1) is 12.2 Å². The van der Waals surface area contributed by atoms with Gasteiger partial charge < -0.3 is 10.2 Å². The number of aromatic nitrogens is 1. The Morgan fingerprint density at radius 1 is 1.20 bits per heavy atom. The molecule has 0 spiro atoms. The molecule has 1 aromatic heterocycles. The van der Waals surface area contributed by atoms with Gasteiger partial charge in [-0.3, -0.25) is 4.98 Å². The van der Waals surface area contributed by atoms with Crippen molar-refractivity contribution in [3.63, 3.8) is 0 Å². The molecule has 1 aromatic carbocycles. The number of anilines is 1. The van der Waals surface area contributed by atoms with Crippen LogP contribution in [0.25, 0.3) is 0 Å². The first-order valence-electron chi connectivity index (χ1n) is 7.13. The van der Waals surface area contributed by atoms with E-state index in [0.717, 1.165) is 25.3 Å². The summed E-state index contributed by atoms with van der Waals surface area (Å²) in [7, 11) is 1.95. The van der Waals surface area contributed by atoms with Crippen LogP contribution in [0.15, 0.2) is 42.6 Å². The quantitative estimate of drug-likeness (QED) is 0.873. The number of nitrogens with one attached hydrogen (secondary N) is 1. The molecule has 3 nitrogen and oxygen atoms in total. The zero-order valence-electron chi connectivity index (χ0n) is 12.6. The average molecular weight is 269 g/mol. The van der Waals surface area contributed by atoms with Crippen molar-refractivity contribution < 1.29 is 0 Å². The van der Waals surface area contributed by atoms with Crippen LogP contribution in [0, 0.1) is 6.92 Å². The van der Waals surface area contributed by atoms with Gasteiger partial charge in [0.1, 0.15) is 0 Å². The standard InChI is InChI=1S/C17H23N3/c1-4-20(17-7-5-6-14(2)10-17)13-16-9-8-15(11-18-3)12-19-16/h5-10,12,18H,4,11,13H2,1-3H3. The fourth-order valence-electron chi connectivity index (χ4n) is 2.26. The van der Waals surface area contributed by atoms with Gasteiger partial charge in [-0.2, -0.15) is 0 Å². The second-order valence-electron chi connectivity index (χ2n) is 5.04. The smallest absolute Gasteiger partial charge is 0.0601 e. The highest BCUT2D eigenvalue weighted by Crippen LogP contribution is 2.17. The van der Waals surface area contributed by atoms with Gasteiger partial charge in [-0.1, -0.05) is 18.2 Å². The molecule has 3 heteroatoms. The van der Waals surface area contributed by atoms with Crippen molar-refractivity contribution in [2.45, 2.75) is 26.9 Å². The Balaban J connectivity index is 2.09. The maximum absolute atomic E-state index is 4.55. The van der Waals surface area contributed by atoms with Crippen molar-refractivity contribution in [3.05, 3.63) is 59.4 Å². The SMILES string of the molecule is CCN(Cc1ccc(CNC)cn1)c1cccc(C)c1. The molecule has 0 aliphatic rings. The van der Waals surface area contributed by atoms with Crippen LogP contribution in [-0.4, -0.2) is 18.6 Å². The minimum absolute atomic E-state index is 0.847. The molecule has 0 unspecified atom stereocenters. The van der Waals surface area contributed by atoms with Crippen LogP contribution in [0.5, 0.6) is 0 Å². The van der Waals surface area contributed by atoms with Crippen LogP contribution in [0.1, 0.15) is 23.7 Å². The first kappa shape index (κ1) is 14.5. The summed E-state index contributed by atoms with van der Waals surface area (Å²) in [4.78, 5) is 6.89. The summed E-state index contributed by atoms with van der Waals surface area (Å²) >= 11 is 0. The third-order valence-electron chi connectivity index (χ3n) is 3.37. The highest BCUT2D eigenvalue weighted by atomic mass is 15.1. The minimum Gasteiger partial charge on any atom is -0.366 e. The summed E-state index contributed by atoms with van der Waals surface area (Å²) in [5.41, 5.74) is 4.87. The number of nitrogens with zero attached hydrogens (tertiary/aromatic N) is 2. The molecule has 0 atom stereocenters. The first-order valence-corrected chi connectivity index (χ1v) is 7.13. The van der Waals surface area contributed by atoms with Gasteiger partial charge in [0, 0.05) is 25.0 Å². The van der Waals surface area contributed by atoms with E-state index in [4.69, 9.17) is 0 Å². The second-order valence-corrected chi connectivity index (χ2v) is 5.04. The minimum atomic E-state index is 0.847. The van der Waals surface area contributed by atoms with Crippen LogP contribution >= 0.6 is 0 Å². The molecule has 20 heavy (non-hydrogen) atoms. The molecule has 0 bridgehead atoms. The predicted molar refractivity (Wildman–Crippen MR) is 84.9 cm³/mol. The van der Waals surface area contributed by atoms with Gasteiger partial charge in [-0.25, -0.2) is 0 Å². The van der Waals surface area contributed by atoms with Crippen molar-refractivity contribution in [1.82, 2.24) is 10.3 Å². The van der Waals surface area contributed by atoms with Crippen LogP contribution in [-0.2, 0) is 13.1 Å². The summed E-state index contributed by atoms with van der Waals surface area (Å²) in [5.74, 6) is 0. The molecule has 1 heterocycles. The fourth-order valence-corrected chi connectivity index (χ4v) is 2.26. The number of pyridine rings is 1. The Labute approximate surface area is 121 Å². The van der Waals surface area contributed by atoms with E-state index in [1.807, 2.05) is 13.2 Å². The molecule has 0 amide bonds. The van der Waals surface area contributed by atoms with Gasteiger partial charge in [-0.15, -0.1) is 0 Å². The summed E-state index contributed by atoms with van der Waals surface area (Å²) in [6.45, 7) is 6.99. The van der Waals surface area contributed by atoms with Gasteiger partial charge in [0.25, 0.3) is 0 Å². The van der Waals surface area contributed by atoms with E-state index in [2.05, 4.69) is 65.4 Å². The van der Waals surface area contributed by atoms with Crippen LogP contribution in [0.3, 0.4) is 0 Å². The Hall–Kier alpha value is -1.87. The van der Waals surface area contributed by atoms with E-state index in [1.165, 1.54) is 16.8 Å². The van der Waals surface area contributed by atoms with E-state index >= 15 is 0 Å². The molecule has 0 radical (unpaired) electrons. The lowest BCUT2D eigenvalue weighted by Crippen LogP contribution is -2.22. The van der Waals surface area contributed by atoms with Gasteiger partial charge in [-0.05, 0) is 50.2 Å². The Kier molecular flexibility index (Phi) is 5.13. The molecule has 2 rings (SSSR count). The zero-order chi connectivity index (χ0) is 14.4. The Bertz CT molecular complexity index is 534. The molecule has 106 valence electrons. The molecule has 1 N–H and O–H groups in total. The summed E-state index contributed by atoms with van der Waals surface area (Å²) in [5, 5.41) is 3.14. The summed E-state index contributed by atoms with van der Waals surface area (Å²) in [6, 6.07) is 12.9. The molecular formula is C17H23N3. The number of rotatable bonds is 6. The topological polar surface area (TPSA) is 28.2 Å². The van der Waals surface area contributed by atoms with Crippen molar-refractivity contribution in [1.29, 1.82) is 0 Å². The molecule has 0 aliphatic carbocycles. The van der Waals surface area contributed by atoms with Crippen LogP contribution in [0.4, 0.5) is 5.69 Å². The highest BCUT2D eigenvalue weighted by molar-refractivity contribution is 5.48. The van der Waals surface area contributed by atoms with Crippen molar-refractivity contribution in [2.75, 3.05) is 18.5 Å². The Morgan fingerprint density at radius 2 is 2.05 bits per heavy atom. The fraction of sp³-hybridized carbons (Fsp3) is 0.353. The highest BCUT2D eigenvalue weighted by Gasteiger charge is 2.06. The van der Waals surface area contributed by atoms with Gasteiger partial charge in [0.2, 0.25) is 0 Å². The predicted octanol–water partition coefficient (Wildman–Crippen LogP) is 3.14. The molecule has 0 saturated heterocycles. The van der Waals surface area contributed by atoms with Gasteiger partial charge in [0.15, 0.2) is 0 Å². The van der Waals surface area contributed by atoms with Gasteiger partial charge >= 0.3 is 0 Å². The average Bonchev–Trinajstić information content (AvgIpc) is 2.47. The molecule has 0 fully saturated rings. The molecule has 0 aliphatic heterocycles. The maximum atomic E-state index is 4.55. The van der Waals surface area contributed by atoms with E-state index in [9.17, 15) is 0 Å². The van der Waals surface area contributed by atoms with Crippen LogP contribution in [0.2, 0.25) is 0 Å². The van der Waals surface area contributed by atoms with E-state index in [0.29, 0.717) is 0 Å². The molecule has 2 aromatic rings. The molecule has 0 saturated carbocycles. The van der Waals surface area contributed by atoms with Crippen molar-refractivity contribution in [3.8, 4) is 0 Å². The third kappa shape index (κ3) is 3.81. The zero-order valence-corrected chi connectivity index (χ0v) is 12.6. The van der Waals surface area contributed by atoms with Crippen molar-refractivity contribution >= 4 is 5.69 Å². The van der Waals surface area contributed by atoms with Crippen LogP contribution < -0.4 is 10.2 Å².